The molecule has 0 spiro atoms. The molecule has 0 aliphatic heterocycles. The largest absolute Gasteiger partial charge is 0.494 e. The van der Waals surface area contributed by atoms with Crippen LogP contribution < -0.4 is 10.1 Å². The van der Waals surface area contributed by atoms with Crippen LogP contribution in [0, 0.1) is 0 Å². The van der Waals surface area contributed by atoms with Crippen LogP contribution in [0.15, 0.2) is 24.3 Å². The molecule has 0 aliphatic rings. The van der Waals surface area contributed by atoms with E-state index in [1.54, 1.807) is 0 Å². The van der Waals surface area contributed by atoms with Crippen molar-refractivity contribution >= 4 is 0 Å². The second-order valence-corrected chi connectivity index (χ2v) is 5.09. The minimum atomic E-state index is 0.663. The summed E-state index contributed by atoms with van der Waals surface area (Å²) in [4.78, 5) is 0. The number of ether oxygens (including phenoxy) is 1. The lowest BCUT2D eigenvalue weighted by Crippen LogP contribution is -2.28. The van der Waals surface area contributed by atoms with Gasteiger partial charge in [0, 0.05) is 12.6 Å². The van der Waals surface area contributed by atoms with Crippen molar-refractivity contribution in [2.75, 3.05) is 6.61 Å². The van der Waals surface area contributed by atoms with Crippen LogP contribution in [0.25, 0.3) is 0 Å². The Kier molecular flexibility index (Phi) is 8.31. The number of benzene rings is 1. The highest BCUT2D eigenvalue weighted by Crippen LogP contribution is 2.13. The molecule has 1 atom stereocenters. The molecule has 1 N–H and O–H groups in total. The first-order chi connectivity index (χ1) is 9.30. The summed E-state index contributed by atoms with van der Waals surface area (Å²) < 4.78 is 5.46. The van der Waals surface area contributed by atoms with E-state index in [1.165, 1.54) is 37.7 Å². The molecule has 0 saturated heterocycles. The Morgan fingerprint density at radius 2 is 1.74 bits per heavy atom. The van der Waals surface area contributed by atoms with E-state index in [-0.39, 0.29) is 0 Å². The zero-order chi connectivity index (χ0) is 13.9. The first-order valence-electron chi connectivity index (χ1n) is 7.75. The smallest absolute Gasteiger partial charge is 0.119 e. The molecule has 0 radical (unpaired) electrons. The van der Waals surface area contributed by atoms with Gasteiger partial charge in [0.05, 0.1) is 6.61 Å². The van der Waals surface area contributed by atoms with Crippen molar-refractivity contribution in [1.29, 1.82) is 0 Å². The van der Waals surface area contributed by atoms with Crippen LogP contribution in [0.2, 0.25) is 0 Å². The highest BCUT2D eigenvalue weighted by atomic mass is 16.5. The maximum absolute atomic E-state index is 5.46. The van der Waals surface area contributed by atoms with E-state index in [4.69, 9.17) is 4.74 Å². The zero-order valence-electron chi connectivity index (χ0n) is 12.7. The summed E-state index contributed by atoms with van der Waals surface area (Å²) in [7, 11) is 0. The highest BCUT2D eigenvalue weighted by molar-refractivity contribution is 5.27. The minimum absolute atomic E-state index is 0.663. The van der Waals surface area contributed by atoms with Crippen LogP contribution in [0.4, 0.5) is 0 Å². The molecular formula is C17H29NO. The predicted octanol–water partition coefficient (Wildman–Crippen LogP) is 4.53. The Labute approximate surface area is 118 Å². The van der Waals surface area contributed by atoms with Gasteiger partial charge in [-0.3, -0.25) is 0 Å². The SMILES string of the molecule is CCCCC(CCC)NCc1ccc(OCC)cc1. The maximum atomic E-state index is 5.46. The van der Waals surface area contributed by atoms with Gasteiger partial charge in [-0.1, -0.05) is 45.2 Å². The van der Waals surface area contributed by atoms with Crippen LogP contribution in [-0.2, 0) is 6.54 Å². The molecule has 108 valence electrons. The van der Waals surface area contributed by atoms with Crippen molar-refractivity contribution in [3.8, 4) is 5.75 Å². The van der Waals surface area contributed by atoms with E-state index in [1.807, 2.05) is 6.92 Å². The van der Waals surface area contributed by atoms with Crippen LogP contribution in [0.3, 0.4) is 0 Å². The fourth-order valence-electron chi connectivity index (χ4n) is 2.28. The van der Waals surface area contributed by atoms with Gasteiger partial charge in [-0.05, 0) is 37.5 Å². The third-order valence-corrected chi connectivity index (χ3v) is 3.37. The molecule has 0 bridgehead atoms. The molecule has 2 nitrogen and oxygen atoms in total. The van der Waals surface area contributed by atoms with Gasteiger partial charge in [0.1, 0.15) is 5.75 Å². The summed E-state index contributed by atoms with van der Waals surface area (Å²) in [5.74, 6) is 0.961. The Balaban J connectivity index is 2.39. The summed E-state index contributed by atoms with van der Waals surface area (Å²) >= 11 is 0. The lowest BCUT2D eigenvalue weighted by Gasteiger charge is -2.18. The molecule has 1 aromatic rings. The second-order valence-electron chi connectivity index (χ2n) is 5.09. The molecule has 19 heavy (non-hydrogen) atoms. The minimum Gasteiger partial charge on any atom is -0.494 e. The predicted molar refractivity (Wildman–Crippen MR) is 82.7 cm³/mol. The van der Waals surface area contributed by atoms with E-state index in [0.29, 0.717) is 6.04 Å². The molecule has 0 aliphatic carbocycles. The Morgan fingerprint density at radius 3 is 2.32 bits per heavy atom. The quantitative estimate of drug-likeness (QED) is 0.669. The summed E-state index contributed by atoms with van der Waals surface area (Å²) in [6.07, 6.45) is 6.43. The van der Waals surface area contributed by atoms with E-state index in [0.717, 1.165) is 18.9 Å². The van der Waals surface area contributed by atoms with Gasteiger partial charge in [-0.15, -0.1) is 0 Å². The normalized spacial score (nSPS) is 12.4. The zero-order valence-corrected chi connectivity index (χ0v) is 12.7. The van der Waals surface area contributed by atoms with E-state index < -0.39 is 0 Å². The lowest BCUT2D eigenvalue weighted by atomic mass is 10.0. The maximum Gasteiger partial charge on any atom is 0.119 e. The van der Waals surface area contributed by atoms with Gasteiger partial charge in [0.25, 0.3) is 0 Å². The van der Waals surface area contributed by atoms with Crippen LogP contribution in [0.5, 0.6) is 5.75 Å². The molecule has 0 heterocycles. The van der Waals surface area contributed by atoms with E-state index >= 15 is 0 Å². The molecule has 0 saturated carbocycles. The fraction of sp³-hybridized carbons (Fsp3) is 0.647. The number of unbranched alkanes of at least 4 members (excludes halogenated alkanes) is 1. The van der Waals surface area contributed by atoms with Crippen molar-refractivity contribution in [2.24, 2.45) is 0 Å². The van der Waals surface area contributed by atoms with Gasteiger partial charge < -0.3 is 10.1 Å². The molecule has 1 unspecified atom stereocenters. The monoisotopic (exact) mass is 263 g/mol. The Bertz CT molecular complexity index is 321. The number of rotatable bonds is 10. The van der Waals surface area contributed by atoms with E-state index in [2.05, 4.69) is 43.4 Å². The highest BCUT2D eigenvalue weighted by Gasteiger charge is 2.06. The van der Waals surface area contributed by atoms with Gasteiger partial charge in [0.15, 0.2) is 0 Å². The van der Waals surface area contributed by atoms with Crippen molar-refractivity contribution < 1.29 is 4.74 Å². The lowest BCUT2D eigenvalue weighted by molar-refractivity contribution is 0.340. The van der Waals surface area contributed by atoms with Crippen molar-refractivity contribution in [1.82, 2.24) is 5.32 Å². The summed E-state index contributed by atoms with van der Waals surface area (Å²) in [6.45, 7) is 8.22. The Morgan fingerprint density at radius 1 is 1.00 bits per heavy atom. The topological polar surface area (TPSA) is 21.3 Å². The summed E-state index contributed by atoms with van der Waals surface area (Å²) in [6, 6.07) is 9.08. The number of nitrogens with one attached hydrogen (secondary N) is 1. The molecule has 1 rings (SSSR count). The molecular weight excluding hydrogens is 234 g/mol. The summed E-state index contributed by atoms with van der Waals surface area (Å²) in [5, 5.41) is 3.68. The summed E-state index contributed by atoms with van der Waals surface area (Å²) in [5.41, 5.74) is 1.33. The Hall–Kier alpha value is -1.02. The molecule has 2 heteroatoms. The van der Waals surface area contributed by atoms with Crippen molar-refractivity contribution in [3.05, 3.63) is 29.8 Å². The van der Waals surface area contributed by atoms with E-state index in [9.17, 15) is 0 Å². The number of hydrogen-bond acceptors (Lipinski definition) is 2. The third-order valence-electron chi connectivity index (χ3n) is 3.37. The first-order valence-corrected chi connectivity index (χ1v) is 7.75. The second kappa shape index (κ2) is 9.85. The van der Waals surface area contributed by atoms with Gasteiger partial charge in [-0.25, -0.2) is 0 Å². The molecule has 1 aromatic carbocycles. The molecule has 0 aromatic heterocycles. The van der Waals surface area contributed by atoms with Crippen molar-refractivity contribution in [2.45, 2.75) is 65.5 Å². The van der Waals surface area contributed by atoms with Gasteiger partial charge in [-0.2, -0.15) is 0 Å². The van der Waals surface area contributed by atoms with Crippen LogP contribution in [-0.4, -0.2) is 12.6 Å². The van der Waals surface area contributed by atoms with Gasteiger partial charge in [0.2, 0.25) is 0 Å². The van der Waals surface area contributed by atoms with Gasteiger partial charge >= 0.3 is 0 Å². The van der Waals surface area contributed by atoms with Crippen molar-refractivity contribution in [3.63, 3.8) is 0 Å². The molecule has 0 amide bonds. The molecule has 0 fully saturated rings. The third kappa shape index (κ3) is 6.63. The fourth-order valence-corrected chi connectivity index (χ4v) is 2.28. The van der Waals surface area contributed by atoms with Crippen LogP contribution in [0.1, 0.15) is 58.4 Å². The van der Waals surface area contributed by atoms with Crippen LogP contribution >= 0.6 is 0 Å². The number of hydrogen-bond donors (Lipinski definition) is 1. The average molecular weight is 263 g/mol. The average Bonchev–Trinajstić information content (AvgIpc) is 2.44. The standard InChI is InChI=1S/C17H29NO/c1-4-7-9-16(8-5-2)18-14-15-10-12-17(13-11-15)19-6-3/h10-13,16,18H,4-9,14H2,1-3H3. The first kappa shape index (κ1) is 16.0.